The van der Waals surface area contributed by atoms with E-state index in [2.05, 4.69) is 5.32 Å². The monoisotopic (exact) mass is 529 g/mol. The van der Waals surface area contributed by atoms with Crippen molar-refractivity contribution in [3.8, 4) is 0 Å². The van der Waals surface area contributed by atoms with E-state index >= 15 is 0 Å². The maximum absolute atomic E-state index is 13.5. The number of nitrogens with one attached hydrogen (secondary N) is 1. The SMILES string of the molecule is Cc1ccc(S(=O)(=O)N(CC(=O)Nc2ccc3c(c2)sc(=O)n3C(C)C)c2ccccc2Cl)cc1. The van der Waals surface area contributed by atoms with Gasteiger partial charge in [0.05, 0.1) is 25.8 Å². The molecule has 0 unspecified atom stereocenters. The van der Waals surface area contributed by atoms with Gasteiger partial charge in [-0.15, -0.1) is 0 Å². The first-order valence-corrected chi connectivity index (χ1v) is 13.5. The number of amides is 1. The molecule has 1 N–H and O–H groups in total. The number of halogens is 1. The van der Waals surface area contributed by atoms with Gasteiger partial charge < -0.3 is 5.32 Å². The van der Waals surface area contributed by atoms with E-state index in [-0.39, 0.29) is 26.5 Å². The number of anilines is 2. The molecule has 10 heteroatoms. The van der Waals surface area contributed by atoms with Gasteiger partial charge in [-0.2, -0.15) is 0 Å². The fourth-order valence-corrected chi connectivity index (χ4v) is 6.51. The number of para-hydroxylation sites is 1. The average Bonchev–Trinajstić information content (AvgIpc) is 3.13. The molecule has 1 heterocycles. The van der Waals surface area contributed by atoms with Crippen molar-refractivity contribution in [1.29, 1.82) is 0 Å². The zero-order valence-electron chi connectivity index (χ0n) is 19.4. The second-order valence-electron chi connectivity index (χ2n) is 8.34. The topological polar surface area (TPSA) is 88.5 Å². The Kier molecular flexibility index (Phi) is 7.02. The normalized spacial score (nSPS) is 11.7. The highest BCUT2D eigenvalue weighted by Crippen LogP contribution is 2.31. The van der Waals surface area contributed by atoms with Gasteiger partial charge in [-0.25, -0.2) is 8.42 Å². The third kappa shape index (κ3) is 5.12. The smallest absolute Gasteiger partial charge is 0.308 e. The summed E-state index contributed by atoms with van der Waals surface area (Å²) in [6.07, 6.45) is 0. The summed E-state index contributed by atoms with van der Waals surface area (Å²) in [6, 6.07) is 18.1. The summed E-state index contributed by atoms with van der Waals surface area (Å²) >= 11 is 7.42. The molecule has 3 aromatic carbocycles. The Bertz CT molecular complexity index is 1560. The fourth-order valence-electron chi connectivity index (χ4n) is 3.73. The van der Waals surface area contributed by atoms with Gasteiger partial charge in [0.2, 0.25) is 5.91 Å². The van der Waals surface area contributed by atoms with Gasteiger partial charge in [-0.3, -0.25) is 18.5 Å². The molecule has 1 aromatic heterocycles. The number of fused-ring (bicyclic) bond motifs is 1. The van der Waals surface area contributed by atoms with Crippen LogP contribution in [0.1, 0.15) is 25.5 Å². The van der Waals surface area contributed by atoms with Crippen LogP contribution in [0.25, 0.3) is 10.2 Å². The van der Waals surface area contributed by atoms with Gasteiger partial charge in [0, 0.05) is 11.7 Å². The van der Waals surface area contributed by atoms with Crippen LogP contribution in [0, 0.1) is 6.92 Å². The van der Waals surface area contributed by atoms with Gasteiger partial charge in [-0.05, 0) is 63.2 Å². The molecule has 1 amide bonds. The number of carbonyl (C=O) groups is 1. The lowest BCUT2D eigenvalue weighted by atomic mass is 10.2. The van der Waals surface area contributed by atoms with Crippen molar-refractivity contribution in [3.05, 3.63) is 87.0 Å². The molecule has 0 radical (unpaired) electrons. The van der Waals surface area contributed by atoms with E-state index in [1.807, 2.05) is 20.8 Å². The van der Waals surface area contributed by atoms with Gasteiger partial charge >= 0.3 is 4.87 Å². The molecule has 0 saturated heterocycles. The van der Waals surface area contributed by atoms with E-state index in [1.165, 1.54) is 12.1 Å². The summed E-state index contributed by atoms with van der Waals surface area (Å²) in [6.45, 7) is 5.24. The van der Waals surface area contributed by atoms with Crippen molar-refractivity contribution < 1.29 is 13.2 Å². The number of hydrogen-bond donors (Lipinski definition) is 1. The molecule has 35 heavy (non-hydrogen) atoms. The third-order valence-electron chi connectivity index (χ3n) is 5.43. The van der Waals surface area contributed by atoms with Crippen LogP contribution in [0.3, 0.4) is 0 Å². The molecule has 0 bridgehead atoms. The summed E-state index contributed by atoms with van der Waals surface area (Å²) in [5, 5.41) is 2.96. The highest BCUT2D eigenvalue weighted by Gasteiger charge is 2.28. The van der Waals surface area contributed by atoms with Crippen LogP contribution in [0.5, 0.6) is 0 Å². The van der Waals surface area contributed by atoms with Gasteiger partial charge in [-0.1, -0.05) is 52.8 Å². The van der Waals surface area contributed by atoms with E-state index in [9.17, 15) is 18.0 Å². The van der Waals surface area contributed by atoms with E-state index in [1.54, 1.807) is 59.2 Å². The first-order chi connectivity index (χ1) is 16.6. The summed E-state index contributed by atoms with van der Waals surface area (Å²) in [5.74, 6) is -0.546. The number of nitrogens with zero attached hydrogens (tertiary/aromatic N) is 2. The largest absolute Gasteiger partial charge is 0.324 e. The number of carbonyl (C=O) groups excluding carboxylic acids is 1. The van der Waals surface area contributed by atoms with Gasteiger partial charge in [0.1, 0.15) is 6.54 Å². The lowest BCUT2D eigenvalue weighted by molar-refractivity contribution is -0.114. The lowest BCUT2D eigenvalue weighted by Crippen LogP contribution is -2.38. The van der Waals surface area contributed by atoms with E-state index in [0.717, 1.165) is 31.4 Å². The minimum absolute atomic E-state index is 0.00727. The molecule has 7 nitrogen and oxygen atoms in total. The number of benzene rings is 3. The van der Waals surface area contributed by atoms with Crippen LogP contribution in [0.4, 0.5) is 11.4 Å². The predicted octanol–water partition coefficient (Wildman–Crippen LogP) is 5.44. The Hall–Kier alpha value is -3.14. The van der Waals surface area contributed by atoms with E-state index in [0.29, 0.717) is 5.69 Å². The van der Waals surface area contributed by atoms with Crippen LogP contribution in [-0.2, 0) is 14.8 Å². The zero-order chi connectivity index (χ0) is 25.3. The molecule has 0 atom stereocenters. The maximum Gasteiger partial charge on any atom is 0.308 e. The van der Waals surface area contributed by atoms with E-state index < -0.39 is 22.5 Å². The van der Waals surface area contributed by atoms with Gasteiger partial charge in [0.15, 0.2) is 0 Å². The molecule has 4 aromatic rings. The summed E-state index contributed by atoms with van der Waals surface area (Å²) in [4.78, 5) is 25.3. The van der Waals surface area contributed by atoms with Crippen molar-refractivity contribution in [2.24, 2.45) is 0 Å². The van der Waals surface area contributed by atoms with Crippen LogP contribution < -0.4 is 14.5 Å². The van der Waals surface area contributed by atoms with Crippen molar-refractivity contribution in [1.82, 2.24) is 4.57 Å². The maximum atomic E-state index is 13.5. The fraction of sp³-hybridized carbons (Fsp3) is 0.200. The van der Waals surface area contributed by atoms with Gasteiger partial charge in [0.25, 0.3) is 10.0 Å². The Labute approximate surface area is 212 Å². The first kappa shape index (κ1) is 25.0. The quantitative estimate of drug-likeness (QED) is 0.345. The van der Waals surface area contributed by atoms with Crippen molar-refractivity contribution in [2.45, 2.75) is 31.7 Å². The number of thiazole rings is 1. The van der Waals surface area contributed by atoms with E-state index in [4.69, 9.17) is 11.6 Å². The molecule has 182 valence electrons. The number of sulfonamides is 1. The molecular weight excluding hydrogens is 506 g/mol. The summed E-state index contributed by atoms with van der Waals surface area (Å²) in [7, 11) is -4.08. The van der Waals surface area contributed by atoms with Crippen molar-refractivity contribution in [3.63, 3.8) is 0 Å². The van der Waals surface area contributed by atoms with Crippen LogP contribution in [0.15, 0.2) is 76.4 Å². The second-order valence-corrected chi connectivity index (χ2v) is 11.6. The molecule has 0 fully saturated rings. The highest BCUT2D eigenvalue weighted by molar-refractivity contribution is 7.92. The average molecular weight is 530 g/mol. The minimum atomic E-state index is -4.08. The molecule has 0 aliphatic rings. The number of rotatable bonds is 7. The number of aryl methyl sites for hydroxylation is 1. The molecule has 0 aliphatic carbocycles. The van der Waals surface area contributed by atoms with Crippen LogP contribution in [0.2, 0.25) is 5.02 Å². The summed E-state index contributed by atoms with van der Waals surface area (Å²) < 4.78 is 30.5. The summed E-state index contributed by atoms with van der Waals surface area (Å²) in [5.41, 5.74) is 2.36. The molecule has 0 saturated carbocycles. The molecule has 0 aliphatic heterocycles. The predicted molar refractivity (Wildman–Crippen MR) is 142 cm³/mol. The third-order valence-corrected chi connectivity index (χ3v) is 8.44. The molecule has 0 spiro atoms. The van der Waals surface area contributed by atoms with Crippen LogP contribution >= 0.6 is 22.9 Å². The highest BCUT2D eigenvalue weighted by atomic mass is 35.5. The van der Waals surface area contributed by atoms with Crippen molar-refractivity contribution >= 4 is 60.5 Å². The Balaban J connectivity index is 1.66. The molecule has 4 rings (SSSR count). The van der Waals surface area contributed by atoms with Crippen molar-refractivity contribution in [2.75, 3.05) is 16.2 Å². The first-order valence-electron chi connectivity index (χ1n) is 10.9. The minimum Gasteiger partial charge on any atom is -0.324 e. The Morgan fingerprint density at radius 3 is 2.43 bits per heavy atom. The standard InChI is InChI=1S/C25H24ClN3O4S2/c1-16(2)29-22-13-10-18(14-23(22)34-25(29)31)27-24(30)15-28(21-7-5-4-6-20(21)26)35(32,33)19-11-8-17(3)9-12-19/h4-14,16H,15H2,1-3H3,(H,27,30). The second kappa shape index (κ2) is 9.85. The number of hydrogen-bond acceptors (Lipinski definition) is 5. The lowest BCUT2D eigenvalue weighted by Gasteiger charge is -2.25. The Morgan fingerprint density at radius 2 is 1.77 bits per heavy atom. The number of aromatic nitrogens is 1. The Morgan fingerprint density at radius 1 is 1.09 bits per heavy atom. The zero-order valence-corrected chi connectivity index (χ0v) is 21.7. The van der Waals surface area contributed by atoms with Crippen LogP contribution in [-0.4, -0.2) is 25.4 Å². The molecular formula is C25H24ClN3O4S2.